The molecule has 0 fully saturated rings. The van der Waals surface area contributed by atoms with Crippen molar-refractivity contribution in [1.82, 2.24) is 20.2 Å². The number of benzene rings is 2. The van der Waals surface area contributed by atoms with Crippen molar-refractivity contribution in [2.24, 2.45) is 0 Å². The monoisotopic (exact) mass is 353 g/mol. The van der Waals surface area contributed by atoms with Crippen LogP contribution in [0.15, 0.2) is 65.8 Å². The van der Waals surface area contributed by atoms with E-state index in [2.05, 4.69) is 15.5 Å². The fourth-order valence-corrected chi connectivity index (χ4v) is 2.99. The zero-order valence-corrected chi connectivity index (χ0v) is 14.4. The van der Waals surface area contributed by atoms with Gasteiger partial charge in [0.25, 0.3) is 0 Å². The van der Waals surface area contributed by atoms with Crippen LogP contribution in [0.5, 0.6) is 0 Å². The molecular weight excluding hydrogens is 334 g/mol. The van der Waals surface area contributed by atoms with Gasteiger partial charge < -0.3 is 11.2 Å². The Morgan fingerprint density at radius 1 is 1.00 bits per heavy atom. The predicted molar refractivity (Wildman–Crippen MR) is 98.4 cm³/mol. The fraction of sp³-hybridized carbons (Fsp3) is 0.167. The van der Waals surface area contributed by atoms with Crippen molar-refractivity contribution in [3.63, 3.8) is 0 Å². The van der Waals surface area contributed by atoms with E-state index < -0.39 is 0 Å². The first-order valence-electron chi connectivity index (χ1n) is 7.89. The fourth-order valence-electron chi connectivity index (χ4n) is 2.28. The minimum absolute atomic E-state index is 0.0681. The van der Waals surface area contributed by atoms with Crippen LogP contribution in [-0.4, -0.2) is 26.5 Å². The molecule has 0 unspecified atom stereocenters. The van der Waals surface area contributed by atoms with Gasteiger partial charge in [-0.1, -0.05) is 72.4 Å². The molecule has 2 aromatic carbocycles. The van der Waals surface area contributed by atoms with Gasteiger partial charge in [0.05, 0.1) is 5.75 Å². The molecule has 0 saturated heterocycles. The molecular formula is C18H19N5OS. The second kappa shape index (κ2) is 8.34. The number of rotatable bonds is 7. The van der Waals surface area contributed by atoms with Crippen molar-refractivity contribution in [3.05, 3.63) is 77.6 Å². The number of carbonyl (C=O) groups is 1. The molecule has 0 bridgehead atoms. The Balaban J connectivity index is 1.50. The topological polar surface area (TPSA) is 85.8 Å². The van der Waals surface area contributed by atoms with Crippen LogP contribution >= 0.6 is 11.8 Å². The average Bonchev–Trinajstić information content (AvgIpc) is 3.00. The maximum atomic E-state index is 12.0. The zero-order chi connectivity index (χ0) is 17.5. The van der Waals surface area contributed by atoms with Gasteiger partial charge in [-0.3, -0.25) is 4.79 Å². The first kappa shape index (κ1) is 17.0. The highest BCUT2D eigenvalue weighted by atomic mass is 32.2. The third-order valence-corrected chi connectivity index (χ3v) is 4.55. The summed E-state index contributed by atoms with van der Waals surface area (Å²) >= 11 is 1.27. The number of amides is 1. The first-order valence-corrected chi connectivity index (χ1v) is 8.87. The van der Waals surface area contributed by atoms with Crippen molar-refractivity contribution >= 4 is 17.7 Å². The SMILES string of the molecule is Nn1c(Cc2ccccc2)nnc1SCC(=O)NCc1ccccc1. The summed E-state index contributed by atoms with van der Waals surface area (Å²) in [5.74, 6) is 6.88. The molecule has 0 spiro atoms. The lowest BCUT2D eigenvalue weighted by molar-refractivity contribution is -0.118. The number of nitrogens with two attached hydrogens (primary N) is 1. The van der Waals surface area contributed by atoms with Crippen LogP contribution in [0.2, 0.25) is 0 Å². The Hall–Kier alpha value is -2.80. The summed E-state index contributed by atoms with van der Waals surface area (Å²) in [4.78, 5) is 12.0. The number of aromatic nitrogens is 3. The summed E-state index contributed by atoms with van der Waals surface area (Å²) in [6.45, 7) is 0.509. The van der Waals surface area contributed by atoms with E-state index in [-0.39, 0.29) is 11.7 Å². The van der Waals surface area contributed by atoms with E-state index in [0.717, 1.165) is 11.1 Å². The Morgan fingerprint density at radius 3 is 2.32 bits per heavy atom. The summed E-state index contributed by atoms with van der Waals surface area (Å²) in [5, 5.41) is 11.6. The van der Waals surface area contributed by atoms with Gasteiger partial charge in [0.15, 0.2) is 5.82 Å². The van der Waals surface area contributed by atoms with E-state index in [9.17, 15) is 4.79 Å². The molecule has 7 heteroatoms. The Kier molecular flexibility index (Phi) is 5.69. The molecule has 6 nitrogen and oxygen atoms in total. The van der Waals surface area contributed by atoms with Crippen LogP contribution in [0.3, 0.4) is 0 Å². The van der Waals surface area contributed by atoms with Crippen molar-refractivity contribution in [1.29, 1.82) is 0 Å². The lowest BCUT2D eigenvalue weighted by atomic mass is 10.1. The molecule has 128 valence electrons. The van der Waals surface area contributed by atoms with E-state index in [1.54, 1.807) is 0 Å². The minimum Gasteiger partial charge on any atom is -0.351 e. The van der Waals surface area contributed by atoms with Gasteiger partial charge >= 0.3 is 0 Å². The number of nitrogen functional groups attached to an aromatic ring is 1. The number of hydrogen-bond acceptors (Lipinski definition) is 5. The maximum absolute atomic E-state index is 12.0. The largest absolute Gasteiger partial charge is 0.351 e. The number of carbonyl (C=O) groups excluding carboxylic acids is 1. The third-order valence-electron chi connectivity index (χ3n) is 3.61. The van der Waals surface area contributed by atoms with Crippen molar-refractivity contribution in [3.8, 4) is 0 Å². The van der Waals surface area contributed by atoms with Crippen molar-refractivity contribution in [2.75, 3.05) is 11.6 Å². The molecule has 3 aromatic rings. The normalized spacial score (nSPS) is 10.6. The molecule has 1 amide bonds. The molecule has 25 heavy (non-hydrogen) atoms. The minimum atomic E-state index is -0.0681. The Bertz CT molecular complexity index is 820. The van der Waals surface area contributed by atoms with Crippen LogP contribution < -0.4 is 11.2 Å². The molecule has 0 aliphatic carbocycles. The third kappa shape index (κ3) is 4.84. The summed E-state index contributed by atoms with van der Waals surface area (Å²) in [6.07, 6.45) is 0.602. The molecule has 1 heterocycles. The van der Waals surface area contributed by atoms with E-state index in [1.807, 2.05) is 60.7 Å². The molecule has 0 aliphatic rings. The number of hydrogen-bond donors (Lipinski definition) is 2. The molecule has 3 N–H and O–H groups in total. The number of nitrogens with one attached hydrogen (secondary N) is 1. The first-order chi connectivity index (χ1) is 12.2. The quantitative estimate of drug-likeness (QED) is 0.501. The zero-order valence-electron chi connectivity index (χ0n) is 13.6. The van der Waals surface area contributed by atoms with Gasteiger partial charge in [0.1, 0.15) is 0 Å². The molecule has 3 rings (SSSR count). The van der Waals surface area contributed by atoms with Crippen LogP contribution in [-0.2, 0) is 17.8 Å². The van der Waals surface area contributed by atoms with Crippen LogP contribution in [0.4, 0.5) is 0 Å². The molecule has 0 saturated carbocycles. The van der Waals surface area contributed by atoms with Gasteiger partial charge in [-0.2, -0.15) is 0 Å². The molecule has 0 radical (unpaired) electrons. The summed E-state index contributed by atoms with van der Waals surface area (Å²) < 4.78 is 1.45. The van der Waals surface area contributed by atoms with Gasteiger partial charge in [-0.05, 0) is 11.1 Å². The smallest absolute Gasteiger partial charge is 0.230 e. The Morgan fingerprint density at radius 2 is 1.64 bits per heavy atom. The van der Waals surface area contributed by atoms with Gasteiger partial charge in [-0.25, -0.2) is 4.68 Å². The lowest BCUT2D eigenvalue weighted by Gasteiger charge is -2.06. The van der Waals surface area contributed by atoms with Crippen molar-refractivity contribution < 1.29 is 4.79 Å². The number of nitrogens with zero attached hydrogens (tertiary/aromatic N) is 3. The van der Waals surface area contributed by atoms with Gasteiger partial charge in [0.2, 0.25) is 11.1 Å². The standard InChI is InChI=1S/C18H19N5OS/c19-23-16(11-14-7-3-1-4-8-14)21-22-18(23)25-13-17(24)20-12-15-9-5-2-6-10-15/h1-10H,11-13,19H2,(H,20,24). The van der Waals surface area contributed by atoms with Gasteiger partial charge in [0, 0.05) is 13.0 Å². The van der Waals surface area contributed by atoms with E-state index in [0.29, 0.717) is 23.9 Å². The van der Waals surface area contributed by atoms with E-state index in [1.165, 1.54) is 16.4 Å². The lowest BCUT2D eigenvalue weighted by Crippen LogP contribution is -2.25. The second-order valence-corrected chi connectivity index (χ2v) is 6.42. The maximum Gasteiger partial charge on any atom is 0.230 e. The van der Waals surface area contributed by atoms with Gasteiger partial charge in [-0.15, -0.1) is 10.2 Å². The summed E-state index contributed by atoms with van der Waals surface area (Å²) in [7, 11) is 0. The highest BCUT2D eigenvalue weighted by Crippen LogP contribution is 2.16. The summed E-state index contributed by atoms with van der Waals surface area (Å²) in [5.41, 5.74) is 2.17. The molecule has 0 aliphatic heterocycles. The highest BCUT2D eigenvalue weighted by molar-refractivity contribution is 7.99. The molecule has 1 aromatic heterocycles. The van der Waals surface area contributed by atoms with Crippen molar-refractivity contribution in [2.45, 2.75) is 18.1 Å². The predicted octanol–water partition coefficient (Wildman–Crippen LogP) is 1.99. The van der Waals surface area contributed by atoms with E-state index >= 15 is 0 Å². The Labute approximate surface area is 150 Å². The van der Waals surface area contributed by atoms with Crippen LogP contribution in [0, 0.1) is 0 Å². The van der Waals surface area contributed by atoms with Crippen LogP contribution in [0.25, 0.3) is 0 Å². The average molecular weight is 353 g/mol. The van der Waals surface area contributed by atoms with E-state index in [4.69, 9.17) is 5.84 Å². The molecule has 0 atom stereocenters. The second-order valence-electron chi connectivity index (χ2n) is 5.48. The highest BCUT2D eigenvalue weighted by Gasteiger charge is 2.12. The number of thioether (sulfide) groups is 1. The van der Waals surface area contributed by atoms with Crippen LogP contribution in [0.1, 0.15) is 17.0 Å². The summed E-state index contributed by atoms with van der Waals surface area (Å²) in [6, 6.07) is 19.7.